The summed E-state index contributed by atoms with van der Waals surface area (Å²) in [6.45, 7) is 2.92. The van der Waals surface area contributed by atoms with Gasteiger partial charge in [-0.3, -0.25) is 4.99 Å². The number of nitrogens with zero attached hydrogens (tertiary/aromatic N) is 1. The third-order valence-electron chi connectivity index (χ3n) is 4.96. The molecule has 0 amide bonds. The molecule has 2 atom stereocenters. The van der Waals surface area contributed by atoms with Crippen LogP contribution in [0.2, 0.25) is 0 Å². The maximum absolute atomic E-state index is 5.98. The highest BCUT2D eigenvalue weighted by atomic mass is 16.5. The molecule has 1 aliphatic heterocycles. The van der Waals surface area contributed by atoms with E-state index in [1.54, 1.807) is 14.2 Å². The van der Waals surface area contributed by atoms with E-state index in [4.69, 9.17) is 14.2 Å². The van der Waals surface area contributed by atoms with Crippen LogP contribution in [0.25, 0.3) is 0 Å². The molecule has 0 radical (unpaired) electrons. The Balaban J connectivity index is 1.52. The van der Waals surface area contributed by atoms with Gasteiger partial charge in [0.15, 0.2) is 5.96 Å². The maximum Gasteiger partial charge on any atom is 0.195 e. The molecule has 3 rings (SSSR count). The second-order valence-electron chi connectivity index (χ2n) is 7.05. The van der Waals surface area contributed by atoms with Crippen LogP contribution in [-0.2, 0) is 9.47 Å². The second-order valence-corrected chi connectivity index (χ2v) is 7.05. The quantitative estimate of drug-likeness (QED) is 0.382. The lowest BCUT2D eigenvalue weighted by Gasteiger charge is -2.21. The molecule has 6 heteroatoms. The monoisotopic (exact) mass is 397 g/mol. The number of ether oxygens (including phenoxy) is 3. The molecule has 2 N–H and O–H groups in total. The molecule has 6 nitrogen and oxygen atoms in total. The van der Waals surface area contributed by atoms with Crippen LogP contribution in [0, 0.1) is 5.92 Å². The Labute approximate surface area is 173 Å². The summed E-state index contributed by atoms with van der Waals surface area (Å²) in [7, 11) is 3.48. The average Bonchev–Trinajstić information content (AvgIpc) is 3.24. The normalized spacial score (nSPS) is 19.2. The molecule has 0 aliphatic carbocycles. The third-order valence-corrected chi connectivity index (χ3v) is 4.96. The third kappa shape index (κ3) is 6.48. The van der Waals surface area contributed by atoms with Crippen LogP contribution in [0.15, 0.2) is 59.6 Å². The topological polar surface area (TPSA) is 64.1 Å². The average molecular weight is 398 g/mol. The standard InChI is InChI=1S/C23H31N3O3/c1-24-23(26-20-10-6-11-21(16-20)28-14-7-13-27-2)25-17-19-12-15-29-22(19)18-8-4-3-5-9-18/h3-6,8-11,16,19,22H,7,12-15,17H2,1-2H3,(H2,24,25,26). The molecule has 0 aromatic heterocycles. The molecular weight excluding hydrogens is 366 g/mol. The van der Waals surface area contributed by atoms with Crippen molar-refractivity contribution in [2.75, 3.05) is 45.8 Å². The van der Waals surface area contributed by atoms with Crippen molar-refractivity contribution in [3.8, 4) is 5.75 Å². The molecule has 1 saturated heterocycles. The van der Waals surface area contributed by atoms with Crippen LogP contribution in [0.3, 0.4) is 0 Å². The molecular formula is C23H31N3O3. The van der Waals surface area contributed by atoms with Crippen LogP contribution >= 0.6 is 0 Å². The van der Waals surface area contributed by atoms with Gasteiger partial charge in [0.25, 0.3) is 0 Å². The number of benzene rings is 2. The first-order valence-electron chi connectivity index (χ1n) is 10.2. The predicted octanol–water partition coefficient (Wildman–Crippen LogP) is 3.87. The van der Waals surface area contributed by atoms with E-state index in [0.29, 0.717) is 19.1 Å². The van der Waals surface area contributed by atoms with Crippen LogP contribution in [0.1, 0.15) is 24.5 Å². The van der Waals surface area contributed by atoms with E-state index in [1.165, 1.54) is 5.56 Å². The summed E-state index contributed by atoms with van der Waals surface area (Å²) in [4.78, 5) is 4.35. The fourth-order valence-corrected chi connectivity index (χ4v) is 3.45. The van der Waals surface area contributed by atoms with Crippen molar-refractivity contribution >= 4 is 11.6 Å². The van der Waals surface area contributed by atoms with Gasteiger partial charge in [0.1, 0.15) is 5.75 Å². The van der Waals surface area contributed by atoms with Gasteiger partial charge in [-0.25, -0.2) is 0 Å². The second kappa shape index (κ2) is 11.4. The largest absolute Gasteiger partial charge is 0.493 e. The predicted molar refractivity (Wildman–Crippen MR) is 117 cm³/mol. The number of guanidine groups is 1. The zero-order valence-electron chi connectivity index (χ0n) is 17.3. The summed E-state index contributed by atoms with van der Waals surface area (Å²) in [6.07, 6.45) is 2.03. The van der Waals surface area contributed by atoms with E-state index in [0.717, 1.165) is 43.4 Å². The van der Waals surface area contributed by atoms with Crippen molar-refractivity contribution < 1.29 is 14.2 Å². The van der Waals surface area contributed by atoms with Gasteiger partial charge < -0.3 is 24.8 Å². The van der Waals surface area contributed by atoms with Gasteiger partial charge in [-0.05, 0) is 24.1 Å². The Bertz CT molecular complexity index is 767. The Morgan fingerprint density at radius 1 is 1.14 bits per heavy atom. The lowest BCUT2D eigenvalue weighted by molar-refractivity contribution is 0.0915. The van der Waals surface area contributed by atoms with Crippen molar-refractivity contribution in [2.45, 2.75) is 18.9 Å². The summed E-state index contributed by atoms with van der Waals surface area (Å²) in [5.41, 5.74) is 2.17. The van der Waals surface area contributed by atoms with Crippen LogP contribution in [-0.4, -0.2) is 46.5 Å². The number of rotatable bonds is 9. The first-order chi connectivity index (χ1) is 14.3. The number of hydrogen-bond acceptors (Lipinski definition) is 4. The summed E-state index contributed by atoms with van der Waals surface area (Å²) in [6, 6.07) is 18.3. The summed E-state index contributed by atoms with van der Waals surface area (Å²) in [5, 5.41) is 6.78. The zero-order chi connectivity index (χ0) is 20.3. The van der Waals surface area contributed by atoms with Crippen LogP contribution in [0.5, 0.6) is 5.75 Å². The van der Waals surface area contributed by atoms with Gasteiger partial charge in [-0.15, -0.1) is 0 Å². The molecule has 2 aromatic carbocycles. The molecule has 2 aromatic rings. The minimum atomic E-state index is 0.130. The Morgan fingerprint density at radius 3 is 2.79 bits per heavy atom. The summed E-state index contributed by atoms with van der Waals surface area (Å²) < 4.78 is 16.8. The van der Waals surface area contributed by atoms with Gasteiger partial charge in [-0.2, -0.15) is 0 Å². The summed E-state index contributed by atoms with van der Waals surface area (Å²) in [5.74, 6) is 1.97. The highest BCUT2D eigenvalue weighted by Gasteiger charge is 2.29. The smallest absolute Gasteiger partial charge is 0.195 e. The lowest BCUT2D eigenvalue weighted by Crippen LogP contribution is -2.35. The van der Waals surface area contributed by atoms with E-state index < -0.39 is 0 Å². The van der Waals surface area contributed by atoms with Crippen LogP contribution in [0.4, 0.5) is 5.69 Å². The fourth-order valence-electron chi connectivity index (χ4n) is 3.45. The molecule has 1 fully saturated rings. The lowest BCUT2D eigenvalue weighted by atomic mass is 9.95. The van der Waals surface area contributed by atoms with Crippen LogP contribution < -0.4 is 15.4 Å². The van der Waals surface area contributed by atoms with Gasteiger partial charge >= 0.3 is 0 Å². The van der Waals surface area contributed by atoms with E-state index >= 15 is 0 Å². The van der Waals surface area contributed by atoms with Crippen molar-refractivity contribution in [2.24, 2.45) is 10.9 Å². The number of hydrogen-bond donors (Lipinski definition) is 2. The molecule has 2 unspecified atom stereocenters. The Morgan fingerprint density at radius 2 is 2.00 bits per heavy atom. The number of methoxy groups -OCH3 is 1. The van der Waals surface area contributed by atoms with Crippen molar-refractivity contribution in [1.82, 2.24) is 5.32 Å². The molecule has 1 aliphatic rings. The highest BCUT2D eigenvalue weighted by Crippen LogP contribution is 2.33. The SMILES string of the molecule is CN=C(NCC1CCOC1c1ccccc1)Nc1cccc(OCCCOC)c1. The van der Waals surface area contributed by atoms with E-state index in [2.05, 4.69) is 39.9 Å². The maximum atomic E-state index is 5.98. The van der Waals surface area contributed by atoms with Crippen molar-refractivity contribution in [1.29, 1.82) is 0 Å². The Kier molecular flexibility index (Phi) is 8.34. The highest BCUT2D eigenvalue weighted by molar-refractivity contribution is 5.93. The number of anilines is 1. The Hall–Kier alpha value is -2.57. The van der Waals surface area contributed by atoms with E-state index in [1.807, 2.05) is 30.3 Å². The first kappa shape index (κ1) is 21.1. The number of aliphatic imine (C=N–C) groups is 1. The molecule has 0 bridgehead atoms. The zero-order valence-corrected chi connectivity index (χ0v) is 17.3. The van der Waals surface area contributed by atoms with Gasteiger partial charge in [0.05, 0.1) is 12.7 Å². The fraction of sp³-hybridized carbons (Fsp3) is 0.435. The molecule has 156 valence electrons. The molecule has 0 spiro atoms. The first-order valence-corrected chi connectivity index (χ1v) is 10.2. The molecule has 29 heavy (non-hydrogen) atoms. The molecule has 1 heterocycles. The van der Waals surface area contributed by atoms with E-state index in [9.17, 15) is 0 Å². The number of nitrogens with one attached hydrogen (secondary N) is 2. The minimum Gasteiger partial charge on any atom is -0.493 e. The summed E-state index contributed by atoms with van der Waals surface area (Å²) >= 11 is 0. The van der Waals surface area contributed by atoms with Crippen molar-refractivity contribution in [3.63, 3.8) is 0 Å². The minimum absolute atomic E-state index is 0.130. The van der Waals surface area contributed by atoms with Crippen molar-refractivity contribution in [3.05, 3.63) is 60.2 Å². The molecule has 0 saturated carbocycles. The van der Waals surface area contributed by atoms with Gasteiger partial charge in [-0.1, -0.05) is 36.4 Å². The van der Waals surface area contributed by atoms with Gasteiger partial charge in [0, 0.05) is 58.0 Å². The van der Waals surface area contributed by atoms with Gasteiger partial charge in [0.2, 0.25) is 0 Å². The van der Waals surface area contributed by atoms with E-state index in [-0.39, 0.29) is 6.10 Å².